The number of nitrogens with zero attached hydrogens (tertiary/aromatic N) is 1. The van der Waals surface area contributed by atoms with Gasteiger partial charge in [-0.15, -0.1) is 11.3 Å². The molecule has 1 fully saturated rings. The normalized spacial score (nSPS) is 21.1. The Morgan fingerprint density at radius 2 is 2.43 bits per heavy atom. The Morgan fingerprint density at radius 3 is 3.14 bits per heavy atom. The van der Waals surface area contributed by atoms with Crippen LogP contribution >= 0.6 is 11.3 Å². The van der Waals surface area contributed by atoms with Crippen LogP contribution in [0.4, 0.5) is 0 Å². The molecular formula is C17H28N2OS. The fourth-order valence-electron chi connectivity index (χ4n) is 3.07. The minimum absolute atomic E-state index is 0.154. The molecule has 0 radical (unpaired) electrons. The van der Waals surface area contributed by atoms with Gasteiger partial charge in [0.1, 0.15) is 0 Å². The molecule has 4 heteroatoms. The third-order valence-electron chi connectivity index (χ3n) is 4.30. The second-order valence-corrected chi connectivity index (χ2v) is 7.29. The molecule has 1 amide bonds. The van der Waals surface area contributed by atoms with E-state index in [0.717, 1.165) is 32.5 Å². The number of rotatable bonds is 7. The quantitative estimate of drug-likeness (QED) is 0.836. The summed E-state index contributed by atoms with van der Waals surface area (Å²) in [5.41, 5.74) is 0. The van der Waals surface area contributed by atoms with Gasteiger partial charge in [-0.05, 0) is 43.2 Å². The molecule has 1 aromatic heterocycles. The van der Waals surface area contributed by atoms with Crippen LogP contribution < -0.4 is 5.32 Å². The van der Waals surface area contributed by atoms with Crippen molar-refractivity contribution in [2.75, 3.05) is 19.6 Å². The molecule has 118 valence electrons. The summed E-state index contributed by atoms with van der Waals surface area (Å²) in [5, 5.41) is 5.30. The molecule has 21 heavy (non-hydrogen) atoms. The van der Waals surface area contributed by atoms with Crippen molar-refractivity contribution in [1.29, 1.82) is 0 Å². The summed E-state index contributed by atoms with van der Waals surface area (Å²) in [4.78, 5) is 16.0. The maximum atomic E-state index is 12.0. The van der Waals surface area contributed by atoms with E-state index in [9.17, 15) is 4.79 Å². The minimum atomic E-state index is 0.154. The molecule has 1 aromatic rings. The van der Waals surface area contributed by atoms with E-state index in [2.05, 4.69) is 34.7 Å². The molecular weight excluding hydrogens is 280 g/mol. The lowest BCUT2D eigenvalue weighted by Gasteiger charge is -2.32. The highest BCUT2D eigenvalue weighted by molar-refractivity contribution is 7.09. The zero-order chi connectivity index (χ0) is 15.1. The van der Waals surface area contributed by atoms with Gasteiger partial charge in [-0.3, -0.25) is 9.69 Å². The Bertz CT molecular complexity index is 418. The molecule has 1 N–H and O–H groups in total. The average Bonchev–Trinajstić information content (AvgIpc) is 2.98. The minimum Gasteiger partial charge on any atom is -0.356 e. The molecule has 2 heterocycles. The molecule has 0 unspecified atom stereocenters. The van der Waals surface area contributed by atoms with Gasteiger partial charge in [0.05, 0.1) is 0 Å². The van der Waals surface area contributed by atoms with Crippen LogP contribution in [-0.4, -0.2) is 30.4 Å². The summed E-state index contributed by atoms with van der Waals surface area (Å²) in [6.07, 6.45) is 4.55. The monoisotopic (exact) mass is 308 g/mol. The van der Waals surface area contributed by atoms with Gasteiger partial charge in [0, 0.05) is 30.4 Å². The molecule has 0 spiro atoms. The summed E-state index contributed by atoms with van der Waals surface area (Å²) in [5.74, 6) is 0.990. The largest absolute Gasteiger partial charge is 0.356 e. The molecule has 2 atom stereocenters. The van der Waals surface area contributed by atoms with Crippen LogP contribution in [0.15, 0.2) is 17.5 Å². The maximum absolute atomic E-state index is 12.0. The SMILES string of the molecule is CCC[C@@H](C)C(=O)NC[C@H]1CCCN(Cc2cccs2)C1. The van der Waals surface area contributed by atoms with Crippen LogP contribution in [0, 0.1) is 11.8 Å². The first-order valence-corrected chi connectivity index (χ1v) is 9.09. The van der Waals surface area contributed by atoms with Crippen molar-refractivity contribution in [2.24, 2.45) is 11.8 Å². The van der Waals surface area contributed by atoms with E-state index in [0.29, 0.717) is 5.92 Å². The Labute approximate surface area is 132 Å². The van der Waals surface area contributed by atoms with Crippen LogP contribution in [0.1, 0.15) is 44.4 Å². The molecule has 0 aromatic carbocycles. The number of amides is 1. The number of carbonyl (C=O) groups excluding carboxylic acids is 1. The second kappa shape index (κ2) is 8.54. The molecule has 0 aliphatic carbocycles. The summed E-state index contributed by atoms with van der Waals surface area (Å²) >= 11 is 1.83. The number of carbonyl (C=O) groups is 1. The molecule has 0 saturated carbocycles. The third kappa shape index (κ3) is 5.44. The molecule has 3 nitrogen and oxygen atoms in total. The van der Waals surface area contributed by atoms with E-state index in [1.807, 2.05) is 18.3 Å². The first-order chi connectivity index (χ1) is 10.2. The number of piperidine rings is 1. The van der Waals surface area contributed by atoms with Crippen LogP contribution in [0.5, 0.6) is 0 Å². The van der Waals surface area contributed by atoms with Crippen LogP contribution in [-0.2, 0) is 11.3 Å². The van der Waals surface area contributed by atoms with Crippen molar-refractivity contribution in [1.82, 2.24) is 10.2 Å². The lowest BCUT2D eigenvalue weighted by molar-refractivity contribution is -0.125. The zero-order valence-corrected chi connectivity index (χ0v) is 14.1. The lowest BCUT2D eigenvalue weighted by Crippen LogP contribution is -2.41. The van der Waals surface area contributed by atoms with Gasteiger partial charge < -0.3 is 5.32 Å². The number of hydrogen-bond donors (Lipinski definition) is 1. The van der Waals surface area contributed by atoms with E-state index in [1.165, 1.54) is 24.3 Å². The molecule has 1 aliphatic rings. The van der Waals surface area contributed by atoms with Gasteiger partial charge in [-0.1, -0.05) is 26.3 Å². The van der Waals surface area contributed by atoms with Crippen molar-refractivity contribution < 1.29 is 4.79 Å². The van der Waals surface area contributed by atoms with Crippen LogP contribution in [0.3, 0.4) is 0 Å². The molecule has 0 bridgehead atoms. The van der Waals surface area contributed by atoms with E-state index >= 15 is 0 Å². The fourth-order valence-corrected chi connectivity index (χ4v) is 3.81. The average molecular weight is 308 g/mol. The highest BCUT2D eigenvalue weighted by Gasteiger charge is 2.21. The summed E-state index contributed by atoms with van der Waals surface area (Å²) in [6, 6.07) is 4.33. The van der Waals surface area contributed by atoms with Crippen molar-refractivity contribution in [3.05, 3.63) is 22.4 Å². The van der Waals surface area contributed by atoms with Crippen molar-refractivity contribution in [3.8, 4) is 0 Å². The van der Waals surface area contributed by atoms with Gasteiger partial charge >= 0.3 is 0 Å². The van der Waals surface area contributed by atoms with E-state index in [1.54, 1.807) is 0 Å². The summed E-state index contributed by atoms with van der Waals surface area (Å²) in [7, 11) is 0. The van der Waals surface area contributed by atoms with Crippen molar-refractivity contribution in [2.45, 2.75) is 46.1 Å². The highest BCUT2D eigenvalue weighted by Crippen LogP contribution is 2.20. The van der Waals surface area contributed by atoms with Crippen molar-refractivity contribution >= 4 is 17.2 Å². The Morgan fingerprint density at radius 1 is 1.57 bits per heavy atom. The van der Waals surface area contributed by atoms with Crippen molar-refractivity contribution in [3.63, 3.8) is 0 Å². The first kappa shape index (κ1) is 16.5. The molecule has 1 aliphatic heterocycles. The maximum Gasteiger partial charge on any atom is 0.222 e. The van der Waals surface area contributed by atoms with Gasteiger partial charge in [-0.25, -0.2) is 0 Å². The molecule has 2 rings (SSSR count). The number of nitrogens with one attached hydrogen (secondary N) is 1. The predicted octanol–water partition coefficient (Wildman–Crippen LogP) is 3.51. The summed E-state index contributed by atoms with van der Waals surface area (Å²) in [6.45, 7) is 8.37. The zero-order valence-electron chi connectivity index (χ0n) is 13.3. The number of hydrogen-bond acceptors (Lipinski definition) is 3. The lowest BCUT2D eigenvalue weighted by atomic mass is 9.97. The van der Waals surface area contributed by atoms with Gasteiger partial charge in [0.25, 0.3) is 0 Å². The van der Waals surface area contributed by atoms with E-state index < -0.39 is 0 Å². The summed E-state index contributed by atoms with van der Waals surface area (Å²) < 4.78 is 0. The molecule has 1 saturated heterocycles. The fraction of sp³-hybridized carbons (Fsp3) is 0.706. The number of likely N-dealkylation sites (tertiary alicyclic amines) is 1. The third-order valence-corrected chi connectivity index (χ3v) is 5.16. The predicted molar refractivity (Wildman–Crippen MR) is 89.4 cm³/mol. The topological polar surface area (TPSA) is 32.3 Å². The van der Waals surface area contributed by atoms with Crippen LogP contribution in [0.2, 0.25) is 0 Å². The van der Waals surface area contributed by atoms with E-state index in [4.69, 9.17) is 0 Å². The van der Waals surface area contributed by atoms with Gasteiger partial charge in [-0.2, -0.15) is 0 Å². The van der Waals surface area contributed by atoms with Gasteiger partial charge in [0.2, 0.25) is 5.91 Å². The Hall–Kier alpha value is -0.870. The standard InChI is InChI=1S/C17H28N2OS/c1-3-6-14(2)17(20)18-11-15-7-4-9-19(12-15)13-16-8-5-10-21-16/h5,8,10,14-15H,3-4,6-7,9,11-13H2,1-2H3,(H,18,20)/t14-,15-/m1/s1. The Kier molecular flexibility index (Phi) is 6.71. The van der Waals surface area contributed by atoms with E-state index in [-0.39, 0.29) is 11.8 Å². The smallest absolute Gasteiger partial charge is 0.222 e. The Balaban J connectivity index is 1.72. The first-order valence-electron chi connectivity index (χ1n) is 8.21. The van der Waals surface area contributed by atoms with Gasteiger partial charge in [0.15, 0.2) is 0 Å². The highest BCUT2D eigenvalue weighted by atomic mass is 32.1. The number of thiophene rings is 1. The second-order valence-electron chi connectivity index (χ2n) is 6.26. The van der Waals surface area contributed by atoms with Crippen LogP contribution in [0.25, 0.3) is 0 Å².